The predicted molar refractivity (Wildman–Crippen MR) is 69.3 cm³/mol. The molecule has 0 amide bonds. The van der Waals surface area contributed by atoms with Crippen LogP contribution in [-0.2, 0) is 9.78 Å². The molecule has 0 aliphatic carbocycles. The molecule has 0 bridgehead atoms. The van der Waals surface area contributed by atoms with Gasteiger partial charge in [0.2, 0.25) is 0 Å². The molecule has 0 aromatic rings. The quantitative estimate of drug-likeness (QED) is 0.324. The lowest BCUT2D eigenvalue weighted by molar-refractivity contribution is -0.329. The molecule has 0 saturated heterocycles. The topological polar surface area (TPSA) is 18.5 Å². The Kier molecular flexibility index (Phi) is 8.96. The van der Waals surface area contributed by atoms with Gasteiger partial charge in [-0.2, -0.15) is 0 Å². The van der Waals surface area contributed by atoms with Crippen LogP contribution in [-0.4, -0.2) is 12.7 Å². The first-order valence-corrected chi connectivity index (χ1v) is 6.78. The molecule has 0 heterocycles. The first-order chi connectivity index (χ1) is 7.49. The molecule has 0 aromatic carbocycles. The molecule has 2 nitrogen and oxygen atoms in total. The Hall–Kier alpha value is -0.0800. The van der Waals surface area contributed by atoms with Gasteiger partial charge >= 0.3 is 0 Å². The summed E-state index contributed by atoms with van der Waals surface area (Å²) in [5, 5.41) is 0. The molecule has 0 saturated carbocycles. The molecule has 2 heteroatoms. The van der Waals surface area contributed by atoms with Crippen molar-refractivity contribution in [3.63, 3.8) is 0 Å². The van der Waals surface area contributed by atoms with Gasteiger partial charge in [-0.05, 0) is 24.7 Å². The van der Waals surface area contributed by atoms with E-state index < -0.39 is 0 Å². The summed E-state index contributed by atoms with van der Waals surface area (Å²) >= 11 is 0. The van der Waals surface area contributed by atoms with E-state index in [0.717, 1.165) is 32.3 Å². The highest BCUT2D eigenvalue weighted by Gasteiger charge is 2.19. The predicted octanol–water partition coefficient (Wildman–Crippen LogP) is 4.73. The van der Waals surface area contributed by atoms with Crippen LogP contribution in [0.5, 0.6) is 0 Å². The van der Waals surface area contributed by atoms with Gasteiger partial charge in [0.15, 0.2) is 0 Å². The largest absolute Gasteiger partial charge is 0.236 e. The monoisotopic (exact) mass is 230 g/mol. The molecule has 1 atom stereocenters. The summed E-state index contributed by atoms with van der Waals surface area (Å²) in [5.74, 6) is 0. The van der Waals surface area contributed by atoms with E-state index in [1.54, 1.807) is 0 Å². The number of hydrogen-bond donors (Lipinski definition) is 0. The van der Waals surface area contributed by atoms with Crippen LogP contribution in [0, 0.1) is 5.41 Å². The molecule has 0 rings (SSSR count). The number of rotatable bonds is 9. The van der Waals surface area contributed by atoms with E-state index in [1.807, 2.05) is 0 Å². The SMILES string of the molecule is CCCCOOC(CCCC)CC(C)(C)C. The summed E-state index contributed by atoms with van der Waals surface area (Å²) in [4.78, 5) is 10.8. The first kappa shape index (κ1) is 15.9. The molecule has 0 aliphatic rings. The zero-order valence-electron chi connectivity index (χ0n) is 11.8. The van der Waals surface area contributed by atoms with Crippen molar-refractivity contribution in [1.29, 1.82) is 0 Å². The molecule has 0 radical (unpaired) electrons. The number of hydrogen-bond acceptors (Lipinski definition) is 2. The fraction of sp³-hybridized carbons (Fsp3) is 1.00. The van der Waals surface area contributed by atoms with Crippen LogP contribution in [0.1, 0.15) is 73.1 Å². The van der Waals surface area contributed by atoms with E-state index >= 15 is 0 Å². The molecule has 0 spiro atoms. The van der Waals surface area contributed by atoms with Crippen molar-refractivity contribution in [3.8, 4) is 0 Å². The molecule has 16 heavy (non-hydrogen) atoms. The minimum absolute atomic E-state index is 0.261. The summed E-state index contributed by atoms with van der Waals surface area (Å²) < 4.78 is 0. The lowest BCUT2D eigenvalue weighted by Crippen LogP contribution is -2.21. The summed E-state index contributed by atoms with van der Waals surface area (Å²) in [6, 6.07) is 0. The van der Waals surface area contributed by atoms with E-state index in [1.165, 1.54) is 12.8 Å². The van der Waals surface area contributed by atoms with Crippen LogP contribution in [0.15, 0.2) is 0 Å². The van der Waals surface area contributed by atoms with Gasteiger partial charge in [-0.3, -0.25) is 0 Å². The third kappa shape index (κ3) is 10.4. The second-order valence-corrected chi connectivity index (χ2v) is 5.80. The van der Waals surface area contributed by atoms with E-state index in [4.69, 9.17) is 9.78 Å². The molecular formula is C14H30O2. The highest BCUT2D eigenvalue weighted by molar-refractivity contribution is 4.68. The Morgan fingerprint density at radius 3 is 2.12 bits per heavy atom. The third-order valence-corrected chi connectivity index (χ3v) is 2.51. The van der Waals surface area contributed by atoms with Crippen molar-refractivity contribution in [2.75, 3.05) is 6.61 Å². The fourth-order valence-corrected chi connectivity index (χ4v) is 1.65. The maximum absolute atomic E-state index is 5.52. The van der Waals surface area contributed by atoms with Gasteiger partial charge in [-0.25, -0.2) is 9.78 Å². The van der Waals surface area contributed by atoms with Gasteiger partial charge in [-0.15, -0.1) is 0 Å². The third-order valence-electron chi connectivity index (χ3n) is 2.51. The molecule has 1 unspecified atom stereocenters. The van der Waals surface area contributed by atoms with Crippen molar-refractivity contribution in [3.05, 3.63) is 0 Å². The maximum atomic E-state index is 5.52. The van der Waals surface area contributed by atoms with E-state index in [2.05, 4.69) is 34.6 Å². The van der Waals surface area contributed by atoms with E-state index in [0.29, 0.717) is 5.41 Å². The lowest BCUT2D eigenvalue weighted by Gasteiger charge is -2.25. The molecular weight excluding hydrogens is 200 g/mol. The Bertz CT molecular complexity index is 149. The standard InChI is InChI=1S/C14H30O2/c1-6-8-10-13(12-14(3,4)5)16-15-11-9-7-2/h13H,6-12H2,1-5H3. The van der Waals surface area contributed by atoms with E-state index in [-0.39, 0.29) is 6.10 Å². The van der Waals surface area contributed by atoms with Crippen LogP contribution in [0.4, 0.5) is 0 Å². The Morgan fingerprint density at radius 1 is 1.00 bits per heavy atom. The highest BCUT2D eigenvalue weighted by atomic mass is 17.2. The first-order valence-electron chi connectivity index (χ1n) is 6.78. The summed E-state index contributed by atoms with van der Waals surface area (Å²) in [7, 11) is 0. The average molecular weight is 230 g/mol. The Labute approximate surface area is 102 Å². The zero-order valence-corrected chi connectivity index (χ0v) is 11.8. The van der Waals surface area contributed by atoms with Gasteiger partial charge in [0.1, 0.15) is 0 Å². The van der Waals surface area contributed by atoms with Gasteiger partial charge in [-0.1, -0.05) is 53.9 Å². The van der Waals surface area contributed by atoms with Crippen LogP contribution < -0.4 is 0 Å². The van der Waals surface area contributed by atoms with Gasteiger partial charge in [0, 0.05) is 0 Å². The van der Waals surface area contributed by atoms with Gasteiger partial charge < -0.3 is 0 Å². The molecule has 0 N–H and O–H groups in total. The van der Waals surface area contributed by atoms with Crippen molar-refractivity contribution < 1.29 is 9.78 Å². The van der Waals surface area contributed by atoms with Crippen LogP contribution in [0.25, 0.3) is 0 Å². The zero-order chi connectivity index (χ0) is 12.4. The summed E-state index contributed by atoms with van der Waals surface area (Å²) in [5.41, 5.74) is 0.312. The van der Waals surface area contributed by atoms with Gasteiger partial charge in [0.05, 0.1) is 12.7 Å². The van der Waals surface area contributed by atoms with Crippen molar-refractivity contribution in [1.82, 2.24) is 0 Å². The van der Waals surface area contributed by atoms with Crippen molar-refractivity contribution in [2.24, 2.45) is 5.41 Å². The van der Waals surface area contributed by atoms with Crippen molar-refractivity contribution >= 4 is 0 Å². The minimum Gasteiger partial charge on any atom is -0.236 e. The molecule has 98 valence electrons. The minimum atomic E-state index is 0.261. The molecule has 0 fully saturated rings. The second-order valence-electron chi connectivity index (χ2n) is 5.80. The van der Waals surface area contributed by atoms with Crippen LogP contribution in [0.2, 0.25) is 0 Å². The normalized spacial score (nSPS) is 14.1. The van der Waals surface area contributed by atoms with Crippen LogP contribution in [0.3, 0.4) is 0 Å². The van der Waals surface area contributed by atoms with Gasteiger partial charge in [0.25, 0.3) is 0 Å². The fourth-order valence-electron chi connectivity index (χ4n) is 1.65. The lowest BCUT2D eigenvalue weighted by atomic mass is 9.88. The summed E-state index contributed by atoms with van der Waals surface area (Å²) in [6.07, 6.45) is 7.12. The van der Waals surface area contributed by atoms with Crippen LogP contribution >= 0.6 is 0 Å². The maximum Gasteiger partial charge on any atom is 0.0935 e. The van der Waals surface area contributed by atoms with Crippen molar-refractivity contribution in [2.45, 2.75) is 79.2 Å². The molecule has 0 aliphatic heterocycles. The smallest absolute Gasteiger partial charge is 0.0935 e. The highest BCUT2D eigenvalue weighted by Crippen LogP contribution is 2.25. The number of unbranched alkanes of at least 4 members (excludes halogenated alkanes) is 2. The van der Waals surface area contributed by atoms with E-state index in [9.17, 15) is 0 Å². The second kappa shape index (κ2) is 9.00. The Morgan fingerprint density at radius 2 is 1.62 bits per heavy atom. The molecule has 0 aromatic heterocycles. The summed E-state index contributed by atoms with van der Waals surface area (Å²) in [6.45, 7) is 11.9. The average Bonchev–Trinajstić information content (AvgIpc) is 2.18. The Balaban J connectivity index is 3.81.